The highest BCUT2D eigenvalue weighted by Gasteiger charge is 2.18. The first-order chi connectivity index (χ1) is 17.2. The third-order valence-electron chi connectivity index (χ3n) is 6.15. The molecule has 0 radical (unpaired) electrons. The highest BCUT2D eigenvalue weighted by atomic mass is 32.1. The van der Waals surface area contributed by atoms with Gasteiger partial charge in [-0.1, -0.05) is 97.1 Å². The van der Waals surface area contributed by atoms with Gasteiger partial charge in [0, 0.05) is 22.3 Å². The lowest BCUT2D eigenvalue weighted by Crippen LogP contribution is -1.92. The van der Waals surface area contributed by atoms with Gasteiger partial charge in [-0.15, -0.1) is 0 Å². The molecule has 1 aromatic heterocycles. The van der Waals surface area contributed by atoms with E-state index in [0.29, 0.717) is 33.3 Å². The zero-order valence-electron chi connectivity index (χ0n) is 18.5. The summed E-state index contributed by atoms with van der Waals surface area (Å²) in [6.45, 7) is 0. The summed E-state index contributed by atoms with van der Waals surface area (Å²) in [6, 6.07) is 33.3. The Morgan fingerprint density at radius 1 is 0.429 bits per heavy atom. The van der Waals surface area contributed by atoms with Crippen molar-refractivity contribution in [1.29, 1.82) is 0 Å². The molecule has 0 N–H and O–H groups in total. The third-order valence-corrected chi connectivity index (χ3v) is 6.68. The van der Waals surface area contributed by atoms with Crippen LogP contribution in [0.5, 0.6) is 0 Å². The minimum atomic E-state index is -0.341. The molecule has 0 saturated carbocycles. The molecule has 0 saturated heterocycles. The smallest absolute Gasteiger partial charge is 0.131 e. The van der Waals surface area contributed by atoms with Gasteiger partial charge >= 0.3 is 0 Å². The van der Waals surface area contributed by atoms with E-state index < -0.39 is 0 Å². The first-order valence-corrected chi connectivity index (χ1v) is 11.9. The Balaban J connectivity index is 1.42. The topological polar surface area (TPSA) is 25.8 Å². The normalized spacial score (nSPS) is 11.1. The van der Waals surface area contributed by atoms with Crippen LogP contribution in [0.15, 0.2) is 109 Å². The van der Waals surface area contributed by atoms with Crippen molar-refractivity contribution in [3.05, 3.63) is 121 Å². The molecule has 0 fully saturated rings. The Labute approximate surface area is 205 Å². The standard InChI is InChI=1S/C30H18F2N2S/c31-27-17-21(19-7-3-1-4-8-19)11-13-23(27)25-15-16-26(30-29(25)33-35-34-30)24-14-12-22(18-28(24)32)20-9-5-2-6-10-20/h1-18H. The Bertz CT molecular complexity index is 1540. The van der Waals surface area contributed by atoms with E-state index in [1.807, 2.05) is 72.8 Å². The molecule has 0 atom stereocenters. The summed E-state index contributed by atoms with van der Waals surface area (Å²) in [4.78, 5) is 0. The molecule has 168 valence electrons. The van der Waals surface area contributed by atoms with Gasteiger partial charge < -0.3 is 0 Å². The van der Waals surface area contributed by atoms with Crippen LogP contribution in [-0.2, 0) is 0 Å². The fraction of sp³-hybridized carbons (Fsp3) is 0. The number of rotatable bonds is 4. The van der Waals surface area contributed by atoms with Crippen molar-refractivity contribution in [3.63, 3.8) is 0 Å². The average molecular weight is 477 g/mol. The van der Waals surface area contributed by atoms with Crippen LogP contribution in [0.25, 0.3) is 55.5 Å². The Morgan fingerprint density at radius 3 is 1.23 bits per heavy atom. The van der Waals surface area contributed by atoms with Crippen LogP contribution in [0.2, 0.25) is 0 Å². The van der Waals surface area contributed by atoms with Gasteiger partial charge in [0.2, 0.25) is 0 Å². The molecule has 0 bridgehead atoms. The molecule has 35 heavy (non-hydrogen) atoms. The van der Waals surface area contributed by atoms with E-state index in [-0.39, 0.29) is 11.6 Å². The Hall–Kier alpha value is -4.22. The highest BCUT2D eigenvalue weighted by molar-refractivity contribution is 7.00. The van der Waals surface area contributed by atoms with E-state index in [2.05, 4.69) is 8.75 Å². The second-order valence-corrected chi connectivity index (χ2v) is 8.77. The molecule has 5 aromatic carbocycles. The molecule has 0 aliphatic heterocycles. The molecule has 5 heteroatoms. The molecular formula is C30H18F2N2S. The molecule has 0 aliphatic carbocycles. The average Bonchev–Trinajstić information content (AvgIpc) is 3.40. The van der Waals surface area contributed by atoms with Gasteiger partial charge in [-0.25, -0.2) is 8.78 Å². The van der Waals surface area contributed by atoms with Gasteiger partial charge in [0.05, 0.1) is 11.7 Å². The second kappa shape index (κ2) is 8.85. The van der Waals surface area contributed by atoms with Crippen LogP contribution in [0.1, 0.15) is 0 Å². The number of hydrogen-bond acceptors (Lipinski definition) is 3. The lowest BCUT2D eigenvalue weighted by atomic mass is 9.94. The fourth-order valence-electron chi connectivity index (χ4n) is 4.39. The third kappa shape index (κ3) is 3.90. The van der Waals surface area contributed by atoms with Crippen LogP contribution in [0.4, 0.5) is 8.78 Å². The molecule has 0 spiro atoms. The van der Waals surface area contributed by atoms with E-state index in [4.69, 9.17) is 0 Å². The van der Waals surface area contributed by atoms with E-state index >= 15 is 8.78 Å². The maximum absolute atomic E-state index is 15.2. The number of benzene rings is 5. The summed E-state index contributed by atoms with van der Waals surface area (Å²) in [5, 5.41) is 0. The highest BCUT2D eigenvalue weighted by Crippen LogP contribution is 2.38. The zero-order chi connectivity index (χ0) is 23.8. The molecule has 0 aliphatic rings. The quantitative estimate of drug-likeness (QED) is 0.254. The fourth-order valence-corrected chi connectivity index (χ4v) is 4.96. The second-order valence-electron chi connectivity index (χ2n) is 8.24. The van der Waals surface area contributed by atoms with Crippen molar-refractivity contribution < 1.29 is 8.78 Å². The lowest BCUT2D eigenvalue weighted by Gasteiger charge is -2.11. The largest absolute Gasteiger partial charge is 0.206 e. The molecule has 0 amide bonds. The molecule has 1 heterocycles. The van der Waals surface area contributed by atoms with Crippen LogP contribution >= 0.6 is 11.7 Å². The maximum Gasteiger partial charge on any atom is 0.131 e. The predicted molar refractivity (Wildman–Crippen MR) is 139 cm³/mol. The predicted octanol–water partition coefficient (Wildman–Crippen LogP) is 8.64. The van der Waals surface area contributed by atoms with Gasteiger partial charge in [0.25, 0.3) is 0 Å². The van der Waals surface area contributed by atoms with Gasteiger partial charge in [0.15, 0.2) is 0 Å². The first-order valence-electron chi connectivity index (χ1n) is 11.1. The van der Waals surface area contributed by atoms with Crippen LogP contribution in [0, 0.1) is 11.6 Å². The molecule has 0 unspecified atom stereocenters. The molecular weight excluding hydrogens is 458 g/mol. The minimum absolute atomic E-state index is 0.341. The van der Waals surface area contributed by atoms with E-state index in [1.54, 1.807) is 24.3 Å². The lowest BCUT2D eigenvalue weighted by molar-refractivity contribution is 0.631. The van der Waals surface area contributed by atoms with E-state index in [0.717, 1.165) is 34.0 Å². The number of halogens is 2. The molecule has 6 rings (SSSR count). The molecule has 6 aromatic rings. The summed E-state index contributed by atoms with van der Waals surface area (Å²) in [5.74, 6) is -0.682. The first kappa shape index (κ1) is 21.3. The summed E-state index contributed by atoms with van der Waals surface area (Å²) < 4.78 is 39.4. The van der Waals surface area contributed by atoms with Gasteiger partial charge in [-0.05, 0) is 34.4 Å². The number of hydrogen-bond donors (Lipinski definition) is 0. The summed E-state index contributed by atoms with van der Waals surface area (Å²) in [7, 11) is 0. The Morgan fingerprint density at radius 2 is 0.829 bits per heavy atom. The number of nitrogens with zero attached hydrogens (tertiary/aromatic N) is 2. The number of fused-ring (bicyclic) bond motifs is 1. The van der Waals surface area contributed by atoms with Gasteiger partial charge in [-0.3, -0.25) is 0 Å². The van der Waals surface area contributed by atoms with Crippen molar-refractivity contribution in [3.8, 4) is 44.5 Å². The van der Waals surface area contributed by atoms with Crippen LogP contribution in [-0.4, -0.2) is 8.75 Å². The van der Waals surface area contributed by atoms with Gasteiger partial charge in [0.1, 0.15) is 22.7 Å². The van der Waals surface area contributed by atoms with E-state index in [9.17, 15) is 0 Å². The van der Waals surface area contributed by atoms with E-state index in [1.165, 1.54) is 12.1 Å². The summed E-state index contributed by atoms with van der Waals surface area (Å²) in [5.41, 5.74) is 6.77. The van der Waals surface area contributed by atoms with Crippen molar-refractivity contribution in [1.82, 2.24) is 8.75 Å². The van der Waals surface area contributed by atoms with Crippen LogP contribution < -0.4 is 0 Å². The van der Waals surface area contributed by atoms with Crippen molar-refractivity contribution >= 4 is 22.8 Å². The Kier molecular flexibility index (Phi) is 5.39. The monoisotopic (exact) mass is 476 g/mol. The zero-order valence-corrected chi connectivity index (χ0v) is 19.3. The maximum atomic E-state index is 15.2. The number of aromatic nitrogens is 2. The summed E-state index contributed by atoms with van der Waals surface area (Å²) in [6.07, 6.45) is 0. The SMILES string of the molecule is Fc1cc(-c2ccccc2)ccc1-c1ccc(-c2ccc(-c3ccccc3)cc2F)c2nsnc12. The molecule has 2 nitrogen and oxygen atoms in total. The van der Waals surface area contributed by atoms with Crippen molar-refractivity contribution in [2.24, 2.45) is 0 Å². The summed E-state index contributed by atoms with van der Waals surface area (Å²) >= 11 is 1.04. The van der Waals surface area contributed by atoms with Gasteiger partial charge in [-0.2, -0.15) is 8.75 Å². The van der Waals surface area contributed by atoms with Crippen LogP contribution in [0.3, 0.4) is 0 Å². The van der Waals surface area contributed by atoms with Crippen molar-refractivity contribution in [2.75, 3.05) is 0 Å². The van der Waals surface area contributed by atoms with Crippen molar-refractivity contribution in [2.45, 2.75) is 0 Å². The minimum Gasteiger partial charge on any atom is -0.206 e.